The number of nitrogens with zero attached hydrogens (tertiary/aromatic N) is 3. The summed E-state index contributed by atoms with van der Waals surface area (Å²) in [5, 5.41) is 16.0. The Kier molecular flexibility index (Phi) is 9.50. The van der Waals surface area contributed by atoms with Crippen molar-refractivity contribution in [3.8, 4) is 0 Å². The molecule has 2 aliphatic heterocycles. The summed E-state index contributed by atoms with van der Waals surface area (Å²) in [5.41, 5.74) is 1.33. The number of fused-ring (bicyclic) bond motifs is 2. The van der Waals surface area contributed by atoms with Gasteiger partial charge in [-0.1, -0.05) is 32.6 Å². The van der Waals surface area contributed by atoms with E-state index in [0.717, 1.165) is 5.92 Å². The lowest BCUT2D eigenvalue weighted by molar-refractivity contribution is -0.159. The highest BCUT2D eigenvalue weighted by atomic mass is 32.2. The number of thioether (sulfide) groups is 1. The lowest BCUT2D eigenvalue weighted by atomic mass is 9.89. The van der Waals surface area contributed by atoms with Crippen molar-refractivity contribution in [2.24, 2.45) is 5.92 Å². The van der Waals surface area contributed by atoms with E-state index in [1.807, 2.05) is 11.8 Å². The predicted molar refractivity (Wildman–Crippen MR) is 107 cm³/mol. The van der Waals surface area contributed by atoms with Gasteiger partial charge in [0.1, 0.15) is 5.03 Å². The summed E-state index contributed by atoms with van der Waals surface area (Å²) in [5.74, 6) is -0.936. The molecule has 0 aliphatic carbocycles. The summed E-state index contributed by atoms with van der Waals surface area (Å²) < 4.78 is 9.25. The summed E-state index contributed by atoms with van der Waals surface area (Å²) in [7, 11) is 0. The molecule has 0 amide bonds. The van der Waals surface area contributed by atoms with Gasteiger partial charge >= 0.3 is 11.9 Å². The molecule has 7 nitrogen and oxygen atoms in total. The van der Waals surface area contributed by atoms with Gasteiger partial charge in [-0.25, -0.2) is 9.59 Å². The van der Waals surface area contributed by atoms with Crippen LogP contribution in [0.5, 0.6) is 0 Å². The SMILES string of the molecule is CCCCCCCSc1nsnc1C1CN2CCCC1C2.O=C(O)C(=O)O. The Morgan fingerprint density at radius 2 is 1.89 bits per heavy atom. The number of rotatable bonds is 8. The van der Waals surface area contributed by atoms with E-state index in [1.54, 1.807) is 0 Å². The van der Waals surface area contributed by atoms with Gasteiger partial charge in [0.25, 0.3) is 0 Å². The monoisotopic (exact) mass is 415 g/mol. The molecule has 0 saturated carbocycles. The van der Waals surface area contributed by atoms with Gasteiger partial charge in [-0.15, -0.1) is 11.8 Å². The highest BCUT2D eigenvalue weighted by Crippen LogP contribution is 2.41. The molecule has 0 aromatic carbocycles. The van der Waals surface area contributed by atoms with E-state index in [1.165, 1.54) is 92.8 Å². The van der Waals surface area contributed by atoms with Crippen molar-refractivity contribution in [2.75, 3.05) is 25.4 Å². The third-order valence-electron chi connectivity index (χ3n) is 5.07. The van der Waals surface area contributed by atoms with Gasteiger partial charge in [0.05, 0.1) is 17.4 Å². The first-order valence-corrected chi connectivity index (χ1v) is 11.4. The quantitative estimate of drug-likeness (QED) is 0.377. The van der Waals surface area contributed by atoms with Gasteiger partial charge in [0.15, 0.2) is 0 Å². The molecule has 2 bridgehead atoms. The zero-order chi connectivity index (χ0) is 19.6. The Morgan fingerprint density at radius 1 is 1.15 bits per heavy atom. The van der Waals surface area contributed by atoms with E-state index >= 15 is 0 Å². The highest BCUT2D eigenvalue weighted by Gasteiger charge is 2.38. The Hall–Kier alpha value is -1.19. The van der Waals surface area contributed by atoms with Gasteiger partial charge in [0.2, 0.25) is 0 Å². The molecule has 3 rings (SSSR count). The number of unbranched alkanes of at least 4 members (excludes halogenated alkanes) is 4. The van der Waals surface area contributed by atoms with E-state index in [9.17, 15) is 0 Å². The number of carboxylic acids is 2. The third kappa shape index (κ3) is 7.04. The molecule has 1 aromatic heterocycles. The minimum Gasteiger partial charge on any atom is -0.473 e. The second kappa shape index (κ2) is 11.6. The van der Waals surface area contributed by atoms with Crippen molar-refractivity contribution in [3.63, 3.8) is 0 Å². The molecule has 152 valence electrons. The van der Waals surface area contributed by atoms with Gasteiger partial charge in [0, 0.05) is 19.0 Å². The van der Waals surface area contributed by atoms with Crippen LogP contribution in [0.4, 0.5) is 0 Å². The molecule has 3 unspecified atom stereocenters. The summed E-state index contributed by atoms with van der Waals surface area (Å²) in [6.07, 6.45) is 9.55. The summed E-state index contributed by atoms with van der Waals surface area (Å²) >= 11 is 3.37. The second-order valence-electron chi connectivity index (χ2n) is 7.10. The number of hydrogen-bond acceptors (Lipinski definition) is 7. The Labute approximate surface area is 168 Å². The van der Waals surface area contributed by atoms with Crippen molar-refractivity contribution >= 4 is 35.4 Å². The van der Waals surface area contributed by atoms with Crippen LogP contribution in [0.1, 0.15) is 63.5 Å². The molecule has 2 saturated heterocycles. The minimum absolute atomic E-state index is 0.661. The molecule has 9 heteroatoms. The lowest BCUT2D eigenvalue weighted by Crippen LogP contribution is -2.25. The van der Waals surface area contributed by atoms with Gasteiger partial charge < -0.3 is 15.1 Å². The predicted octanol–water partition coefficient (Wildman–Crippen LogP) is 3.57. The van der Waals surface area contributed by atoms with E-state index in [2.05, 4.69) is 20.6 Å². The van der Waals surface area contributed by atoms with Crippen LogP contribution in [-0.4, -0.2) is 61.2 Å². The normalized spacial score (nSPS) is 23.5. The molecule has 2 fully saturated rings. The van der Waals surface area contributed by atoms with Crippen molar-refractivity contribution in [3.05, 3.63) is 5.69 Å². The summed E-state index contributed by atoms with van der Waals surface area (Å²) in [6.45, 7) is 6.09. The van der Waals surface area contributed by atoms with E-state index in [0.29, 0.717) is 5.92 Å². The molecule has 1 aromatic rings. The standard InChI is InChI=1S/C16H27N3S2.C2H2O4/c1-2-3-4-5-6-10-20-16-15(17-21-18-16)14-12-19-9-7-8-13(14)11-19;3-1(4)2(5)6/h13-14H,2-12H2,1H3;(H,3,4)(H,5,6). The zero-order valence-electron chi connectivity index (χ0n) is 15.8. The zero-order valence-corrected chi connectivity index (χ0v) is 17.4. The first-order valence-electron chi connectivity index (χ1n) is 9.66. The van der Waals surface area contributed by atoms with Crippen LogP contribution >= 0.6 is 23.5 Å². The topological polar surface area (TPSA) is 104 Å². The number of carboxylic acid groups (broad SMARTS) is 2. The number of aliphatic carboxylic acids is 2. The molecule has 2 N–H and O–H groups in total. The molecule has 3 heterocycles. The number of aromatic nitrogens is 2. The van der Waals surface area contributed by atoms with Crippen LogP contribution in [0.3, 0.4) is 0 Å². The maximum absolute atomic E-state index is 9.10. The Bertz CT molecular complexity index is 599. The molecule has 3 atom stereocenters. The maximum atomic E-state index is 9.10. The van der Waals surface area contributed by atoms with E-state index < -0.39 is 11.9 Å². The van der Waals surface area contributed by atoms with Crippen LogP contribution in [0.25, 0.3) is 0 Å². The largest absolute Gasteiger partial charge is 0.473 e. The molecule has 2 aliphatic rings. The number of piperidine rings is 1. The van der Waals surface area contributed by atoms with E-state index in [-0.39, 0.29) is 0 Å². The minimum atomic E-state index is -1.82. The van der Waals surface area contributed by atoms with Crippen LogP contribution in [0.2, 0.25) is 0 Å². The maximum Gasteiger partial charge on any atom is 0.414 e. The smallest absolute Gasteiger partial charge is 0.414 e. The van der Waals surface area contributed by atoms with Crippen molar-refractivity contribution in [2.45, 2.75) is 62.8 Å². The number of hydrogen-bond donors (Lipinski definition) is 2. The Balaban J connectivity index is 0.000000380. The first kappa shape index (κ1) is 22.1. The second-order valence-corrected chi connectivity index (χ2v) is 8.71. The van der Waals surface area contributed by atoms with E-state index in [4.69, 9.17) is 19.8 Å². The highest BCUT2D eigenvalue weighted by molar-refractivity contribution is 7.99. The average Bonchev–Trinajstić information content (AvgIpc) is 3.22. The lowest BCUT2D eigenvalue weighted by Gasteiger charge is -2.21. The fourth-order valence-corrected chi connectivity index (χ4v) is 5.48. The third-order valence-corrected chi connectivity index (χ3v) is 6.79. The fourth-order valence-electron chi connectivity index (χ4n) is 3.71. The van der Waals surface area contributed by atoms with Crippen molar-refractivity contribution in [1.29, 1.82) is 0 Å². The first-order chi connectivity index (χ1) is 13.0. The Morgan fingerprint density at radius 3 is 2.56 bits per heavy atom. The van der Waals surface area contributed by atoms with Crippen LogP contribution in [-0.2, 0) is 9.59 Å². The molecule has 0 spiro atoms. The van der Waals surface area contributed by atoms with Crippen molar-refractivity contribution in [1.82, 2.24) is 13.6 Å². The number of carbonyl (C=O) groups is 2. The van der Waals surface area contributed by atoms with Gasteiger partial charge in [-0.05, 0) is 37.5 Å². The average molecular weight is 416 g/mol. The molecular weight excluding hydrogens is 386 g/mol. The summed E-state index contributed by atoms with van der Waals surface area (Å²) in [6, 6.07) is 0. The fraction of sp³-hybridized carbons (Fsp3) is 0.778. The van der Waals surface area contributed by atoms with Crippen LogP contribution < -0.4 is 0 Å². The molecule has 0 radical (unpaired) electrons. The molecular formula is C18H29N3O4S2. The van der Waals surface area contributed by atoms with Crippen molar-refractivity contribution < 1.29 is 19.8 Å². The molecule has 27 heavy (non-hydrogen) atoms. The van der Waals surface area contributed by atoms with Crippen LogP contribution in [0.15, 0.2) is 5.03 Å². The van der Waals surface area contributed by atoms with Gasteiger partial charge in [-0.2, -0.15) is 8.75 Å². The summed E-state index contributed by atoms with van der Waals surface area (Å²) in [4.78, 5) is 20.8. The van der Waals surface area contributed by atoms with Gasteiger partial charge in [-0.3, -0.25) is 0 Å². The van der Waals surface area contributed by atoms with Crippen LogP contribution in [0, 0.1) is 5.92 Å².